The van der Waals surface area contributed by atoms with Gasteiger partial charge in [0, 0.05) is 11.3 Å². The van der Waals surface area contributed by atoms with Gasteiger partial charge in [-0.3, -0.25) is 0 Å². The van der Waals surface area contributed by atoms with Crippen molar-refractivity contribution in [3.05, 3.63) is 77.9 Å². The molecule has 3 aromatic rings. The molecule has 0 unspecified atom stereocenters. The molecule has 0 aliphatic carbocycles. The van der Waals surface area contributed by atoms with Crippen molar-refractivity contribution < 1.29 is 4.39 Å². The van der Waals surface area contributed by atoms with Gasteiger partial charge in [0.2, 0.25) is 5.16 Å². The molecular formula is C16H13FN4S. The molecular weight excluding hydrogens is 299 g/mol. The van der Waals surface area contributed by atoms with Gasteiger partial charge in [-0.15, -0.1) is 10.2 Å². The fourth-order valence-electron chi connectivity index (χ4n) is 1.82. The van der Waals surface area contributed by atoms with Crippen LogP contribution in [-0.4, -0.2) is 21.1 Å². The smallest absolute Gasteiger partial charge is 0.206 e. The lowest BCUT2D eigenvalue weighted by atomic mass is 10.2. The Morgan fingerprint density at radius 2 is 1.86 bits per heavy atom. The minimum absolute atomic E-state index is 0.308. The summed E-state index contributed by atoms with van der Waals surface area (Å²) in [5.74, 6) is 0.465. The number of halogens is 1. The molecule has 0 atom stereocenters. The van der Waals surface area contributed by atoms with E-state index in [1.165, 1.54) is 35.9 Å². The topological polar surface area (TPSA) is 43.1 Å². The molecule has 0 amide bonds. The van der Waals surface area contributed by atoms with Crippen LogP contribution in [-0.2, 0) is 5.75 Å². The molecule has 110 valence electrons. The summed E-state index contributed by atoms with van der Waals surface area (Å²) in [7, 11) is 0. The van der Waals surface area contributed by atoms with Gasteiger partial charge in [-0.1, -0.05) is 60.3 Å². The average molecular weight is 312 g/mol. The van der Waals surface area contributed by atoms with E-state index < -0.39 is 0 Å². The van der Waals surface area contributed by atoms with E-state index in [9.17, 15) is 4.39 Å². The van der Waals surface area contributed by atoms with E-state index in [2.05, 4.69) is 27.4 Å². The van der Waals surface area contributed by atoms with Crippen molar-refractivity contribution in [2.45, 2.75) is 10.9 Å². The van der Waals surface area contributed by atoms with Crippen LogP contribution < -0.4 is 0 Å². The Hall–Kier alpha value is -2.47. The molecule has 1 heterocycles. The van der Waals surface area contributed by atoms with E-state index in [4.69, 9.17) is 0 Å². The second kappa shape index (κ2) is 7.00. The van der Waals surface area contributed by atoms with Crippen LogP contribution in [0.4, 0.5) is 4.39 Å². The lowest BCUT2D eigenvalue weighted by Gasteiger charge is -2.01. The van der Waals surface area contributed by atoms with Crippen LogP contribution in [0.2, 0.25) is 0 Å². The van der Waals surface area contributed by atoms with E-state index in [0.717, 1.165) is 5.75 Å². The monoisotopic (exact) mass is 312 g/mol. The van der Waals surface area contributed by atoms with Gasteiger partial charge < -0.3 is 0 Å². The number of hydrogen-bond acceptors (Lipinski definition) is 4. The van der Waals surface area contributed by atoms with Gasteiger partial charge in [0.25, 0.3) is 0 Å². The molecule has 0 fully saturated rings. The zero-order chi connectivity index (χ0) is 15.2. The molecule has 0 saturated carbocycles. The lowest BCUT2D eigenvalue weighted by molar-refractivity contribution is 0.625. The highest BCUT2D eigenvalue weighted by Crippen LogP contribution is 2.20. The Morgan fingerprint density at radius 1 is 1.09 bits per heavy atom. The van der Waals surface area contributed by atoms with Crippen LogP contribution in [0.1, 0.15) is 11.1 Å². The summed E-state index contributed by atoms with van der Waals surface area (Å²) >= 11 is 1.53. The van der Waals surface area contributed by atoms with E-state index in [0.29, 0.717) is 10.7 Å². The van der Waals surface area contributed by atoms with Gasteiger partial charge in [0.15, 0.2) is 0 Å². The fraction of sp³-hybridized carbons (Fsp3) is 0.0625. The third kappa shape index (κ3) is 3.59. The van der Waals surface area contributed by atoms with Crippen molar-refractivity contribution in [1.82, 2.24) is 14.9 Å². The Balaban J connectivity index is 1.71. The fourth-order valence-corrected chi connectivity index (χ4v) is 2.64. The van der Waals surface area contributed by atoms with E-state index in [-0.39, 0.29) is 5.82 Å². The molecule has 1 aromatic heterocycles. The first-order chi connectivity index (χ1) is 10.8. The summed E-state index contributed by atoms with van der Waals surface area (Å²) in [4.78, 5) is 0. The van der Waals surface area contributed by atoms with Crippen LogP contribution in [0, 0.1) is 5.82 Å². The van der Waals surface area contributed by atoms with Crippen LogP contribution in [0.25, 0.3) is 0 Å². The Labute approximate surface area is 131 Å². The summed E-state index contributed by atoms with van der Waals surface area (Å²) in [6, 6.07) is 16.6. The van der Waals surface area contributed by atoms with Crippen molar-refractivity contribution in [2.75, 3.05) is 0 Å². The van der Waals surface area contributed by atoms with Gasteiger partial charge in [0.05, 0.1) is 6.21 Å². The van der Waals surface area contributed by atoms with E-state index >= 15 is 0 Å². The standard InChI is InChI=1S/C16H13FN4S/c17-15-9-5-4-8-14(15)10-19-21-12-18-20-16(21)22-11-13-6-2-1-3-7-13/h1-10,12H,11H2. The van der Waals surface area contributed by atoms with Crippen molar-refractivity contribution >= 4 is 18.0 Å². The van der Waals surface area contributed by atoms with E-state index in [1.807, 2.05) is 18.2 Å². The first kappa shape index (κ1) is 14.5. The van der Waals surface area contributed by atoms with Gasteiger partial charge >= 0.3 is 0 Å². The zero-order valence-electron chi connectivity index (χ0n) is 11.6. The van der Waals surface area contributed by atoms with Crippen LogP contribution in [0.3, 0.4) is 0 Å². The number of nitrogens with zero attached hydrogens (tertiary/aromatic N) is 4. The summed E-state index contributed by atoms with van der Waals surface area (Å²) in [6.07, 6.45) is 2.97. The molecule has 0 aliphatic rings. The van der Waals surface area contributed by atoms with Crippen molar-refractivity contribution in [3.63, 3.8) is 0 Å². The molecule has 0 spiro atoms. The van der Waals surface area contributed by atoms with Crippen molar-refractivity contribution in [2.24, 2.45) is 5.10 Å². The maximum Gasteiger partial charge on any atom is 0.212 e. The molecule has 22 heavy (non-hydrogen) atoms. The maximum absolute atomic E-state index is 13.6. The first-order valence-corrected chi connectivity index (χ1v) is 7.67. The van der Waals surface area contributed by atoms with Gasteiger partial charge in [-0.2, -0.15) is 9.78 Å². The molecule has 0 saturated heterocycles. The highest BCUT2D eigenvalue weighted by atomic mass is 32.2. The Kier molecular flexibility index (Phi) is 4.60. The van der Waals surface area contributed by atoms with Gasteiger partial charge in [-0.05, 0) is 11.6 Å². The highest BCUT2D eigenvalue weighted by molar-refractivity contribution is 7.98. The summed E-state index contributed by atoms with van der Waals surface area (Å²) in [6.45, 7) is 0. The quantitative estimate of drug-likeness (QED) is 0.534. The number of hydrogen-bond donors (Lipinski definition) is 0. The van der Waals surface area contributed by atoms with Crippen molar-refractivity contribution in [1.29, 1.82) is 0 Å². The van der Waals surface area contributed by atoms with Crippen LogP contribution in [0.5, 0.6) is 0 Å². The normalized spacial score (nSPS) is 11.1. The number of thioether (sulfide) groups is 1. The highest BCUT2D eigenvalue weighted by Gasteiger charge is 2.04. The zero-order valence-corrected chi connectivity index (χ0v) is 12.4. The third-order valence-electron chi connectivity index (χ3n) is 2.94. The van der Waals surface area contributed by atoms with Crippen LogP contribution >= 0.6 is 11.8 Å². The molecule has 0 radical (unpaired) electrons. The third-order valence-corrected chi connectivity index (χ3v) is 3.94. The Morgan fingerprint density at radius 3 is 2.68 bits per heavy atom. The molecule has 3 rings (SSSR count). The largest absolute Gasteiger partial charge is 0.212 e. The Bertz CT molecular complexity index is 771. The number of rotatable bonds is 5. The molecule has 0 bridgehead atoms. The molecule has 0 N–H and O–H groups in total. The summed E-state index contributed by atoms with van der Waals surface area (Å²) in [5, 5.41) is 12.8. The second-order valence-corrected chi connectivity index (χ2v) is 5.44. The molecule has 6 heteroatoms. The predicted octanol–water partition coefficient (Wildman–Crippen LogP) is 3.59. The number of benzene rings is 2. The minimum atomic E-state index is -0.308. The van der Waals surface area contributed by atoms with Gasteiger partial charge in [0.1, 0.15) is 12.1 Å². The SMILES string of the molecule is Fc1ccccc1C=Nn1cnnc1SCc1ccccc1. The average Bonchev–Trinajstić information content (AvgIpc) is 3.01. The van der Waals surface area contributed by atoms with Crippen molar-refractivity contribution in [3.8, 4) is 0 Å². The second-order valence-electron chi connectivity index (χ2n) is 4.50. The van der Waals surface area contributed by atoms with Gasteiger partial charge in [-0.25, -0.2) is 4.39 Å². The maximum atomic E-state index is 13.6. The van der Waals surface area contributed by atoms with Crippen LogP contribution in [0.15, 0.2) is 71.2 Å². The van der Waals surface area contributed by atoms with E-state index in [1.54, 1.807) is 22.9 Å². The predicted molar refractivity (Wildman–Crippen MR) is 85.4 cm³/mol. The molecule has 2 aromatic carbocycles. The minimum Gasteiger partial charge on any atom is -0.206 e. The first-order valence-electron chi connectivity index (χ1n) is 6.68. The summed E-state index contributed by atoms with van der Waals surface area (Å²) in [5.41, 5.74) is 1.62. The molecule has 4 nitrogen and oxygen atoms in total. The molecule has 0 aliphatic heterocycles. The summed E-state index contributed by atoms with van der Waals surface area (Å²) < 4.78 is 15.1. The lowest BCUT2D eigenvalue weighted by Crippen LogP contribution is -1.94. The number of aromatic nitrogens is 3.